The highest BCUT2D eigenvalue weighted by Gasteiger charge is 2.30. The summed E-state index contributed by atoms with van der Waals surface area (Å²) in [4.78, 5) is 25.7. The van der Waals surface area contributed by atoms with Gasteiger partial charge in [-0.1, -0.05) is 29.8 Å². The minimum atomic E-state index is -0.617. The number of carbonyl (C=O) groups excluding carboxylic acids is 2. The number of amides is 2. The lowest BCUT2D eigenvalue weighted by Gasteiger charge is -2.35. The summed E-state index contributed by atoms with van der Waals surface area (Å²) in [5, 5.41) is 1.85. The van der Waals surface area contributed by atoms with Crippen molar-refractivity contribution in [1.29, 1.82) is 0 Å². The van der Waals surface area contributed by atoms with Crippen LogP contribution >= 0.6 is 27.5 Å². The summed E-state index contributed by atoms with van der Waals surface area (Å²) >= 11 is 9.48. The zero-order valence-electron chi connectivity index (χ0n) is 14.6. The molecule has 0 aliphatic rings. The molecule has 0 saturated carbocycles. The van der Waals surface area contributed by atoms with Crippen LogP contribution in [0.3, 0.4) is 0 Å². The summed E-state index contributed by atoms with van der Waals surface area (Å²) in [6.07, 6.45) is 0. The van der Waals surface area contributed by atoms with Gasteiger partial charge in [-0.15, -0.1) is 0 Å². The fourth-order valence-electron chi connectivity index (χ4n) is 2.29. The lowest BCUT2D eigenvalue weighted by atomic mass is 10.1. The molecule has 0 bridgehead atoms. The van der Waals surface area contributed by atoms with Crippen LogP contribution in [0.25, 0.3) is 0 Å². The average molecular weight is 424 g/mol. The fourth-order valence-corrected chi connectivity index (χ4v) is 2.92. The van der Waals surface area contributed by atoms with E-state index in [1.165, 1.54) is 5.01 Å². The molecule has 0 saturated heterocycles. The maximum absolute atomic E-state index is 13.0. The van der Waals surface area contributed by atoms with Crippen LogP contribution in [0.5, 0.6) is 0 Å². The maximum Gasteiger partial charge on any atom is 0.273 e. The first-order valence-corrected chi connectivity index (χ1v) is 8.95. The quantitative estimate of drug-likeness (QED) is 0.691. The van der Waals surface area contributed by atoms with Crippen LogP contribution in [-0.4, -0.2) is 22.4 Å². The van der Waals surface area contributed by atoms with Crippen molar-refractivity contribution in [3.05, 3.63) is 68.7 Å². The molecule has 2 aromatic rings. The van der Waals surface area contributed by atoms with E-state index < -0.39 is 5.54 Å². The Hall–Kier alpha value is -1.85. The van der Waals surface area contributed by atoms with E-state index in [4.69, 9.17) is 11.6 Å². The van der Waals surface area contributed by atoms with Crippen LogP contribution in [-0.2, 0) is 0 Å². The van der Waals surface area contributed by atoms with Crippen molar-refractivity contribution >= 4 is 39.3 Å². The largest absolute Gasteiger partial charge is 0.273 e. The molecule has 0 heterocycles. The molecular formula is C19H20BrClN2O2. The molecule has 0 aliphatic heterocycles. The van der Waals surface area contributed by atoms with Crippen LogP contribution in [0, 0.1) is 6.92 Å². The molecule has 132 valence electrons. The van der Waals surface area contributed by atoms with Crippen LogP contribution in [0.4, 0.5) is 0 Å². The number of benzene rings is 2. The van der Waals surface area contributed by atoms with Crippen LogP contribution in [0.1, 0.15) is 47.1 Å². The van der Waals surface area contributed by atoms with E-state index in [0.717, 1.165) is 0 Å². The zero-order chi connectivity index (χ0) is 18.8. The van der Waals surface area contributed by atoms with Gasteiger partial charge in [-0.3, -0.25) is 15.0 Å². The minimum Gasteiger partial charge on any atom is -0.267 e. The van der Waals surface area contributed by atoms with Crippen molar-refractivity contribution in [2.24, 2.45) is 0 Å². The normalized spacial score (nSPS) is 11.1. The molecule has 25 heavy (non-hydrogen) atoms. The van der Waals surface area contributed by atoms with Gasteiger partial charge >= 0.3 is 0 Å². The summed E-state index contributed by atoms with van der Waals surface area (Å²) in [5.74, 6) is -0.677. The van der Waals surface area contributed by atoms with Gasteiger partial charge in [-0.25, -0.2) is 5.01 Å². The molecule has 0 radical (unpaired) electrons. The Kier molecular flexibility index (Phi) is 5.91. The van der Waals surface area contributed by atoms with E-state index in [1.54, 1.807) is 43.3 Å². The predicted molar refractivity (Wildman–Crippen MR) is 104 cm³/mol. The van der Waals surface area contributed by atoms with Crippen LogP contribution in [0.2, 0.25) is 5.02 Å². The molecule has 1 N–H and O–H groups in total. The number of nitrogens with one attached hydrogen (secondary N) is 1. The lowest BCUT2D eigenvalue weighted by Crippen LogP contribution is -2.56. The van der Waals surface area contributed by atoms with Gasteiger partial charge in [0.2, 0.25) is 0 Å². The summed E-state index contributed by atoms with van der Waals surface area (Å²) in [7, 11) is 0. The monoisotopic (exact) mass is 422 g/mol. The molecule has 0 fully saturated rings. The van der Waals surface area contributed by atoms with Crippen molar-refractivity contribution in [2.75, 3.05) is 0 Å². The van der Waals surface area contributed by atoms with Crippen molar-refractivity contribution in [2.45, 2.75) is 33.2 Å². The molecule has 6 heteroatoms. The van der Waals surface area contributed by atoms with E-state index in [1.807, 2.05) is 26.8 Å². The fraction of sp³-hybridized carbons (Fsp3) is 0.263. The molecule has 0 aromatic heterocycles. The zero-order valence-corrected chi connectivity index (χ0v) is 16.9. The highest BCUT2D eigenvalue weighted by molar-refractivity contribution is 9.10. The molecule has 0 aliphatic carbocycles. The Labute approximate surface area is 161 Å². The summed E-state index contributed by atoms with van der Waals surface area (Å²) in [6, 6.07) is 12.2. The Morgan fingerprint density at radius 1 is 1.04 bits per heavy atom. The van der Waals surface area contributed by atoms with Crippen molar-refractivity contribution in [1.82, 2.24) is 10.4 Å². The van der Waals surface area contributed by atoms with E-state index in [-0.39, 0.29) is 11.8 Å². The van der Waals surface area contributed by atoms with Crippen molar-refractivity contribution < 1.29 is 9.59 Å². The average Bonchev–Trinajstić information content (AvgIpc) is 2.53. The molecule has 4 nitrogen and oxygen atoms in total. The molecule has 0 atom stereocenters. The Bertz CT molecular complexity index is 815. The number of halogens is 2. The Morgan fingerprint density at radius 2 is 1.64 bits per heavy atom. The second-order valence-electron chi connectivity index (χ2n) is 6.64. The molecule has 2 rings (SSSR count). The van der Waals surface area contributed by atoms with Gasteiger partial charge in [0.05, 0.1) is 11.1 Å². The standard InChI is InChI=1S/C19H20BrClN2O2/c1-12-13(9-7-11-16(12)21)17(24)22-23(19(2,3)4)18(25)14-8-5-6-10-15(14)20/h5-11H,1-4H3,(H,22,24). The molecular weight excluding hydrogens is 404 g/mol. The first-order chi connectivity index (χ1) is 11.6. The van der Waals surface area contributed by atoms with Gasteiger partial charge in [0.15, 0.2) is 0 Å². The molecule has 0 spiro atoms. The van der Waals surface area contributed by atoms with E-state index in [0.29, 0.717) is 26.2 Å². The minimum absolute atomic E-state index is 0.298. The molecule has 2 amide bonds. The SMILES string of the molecule is Cc1c(Cl)cccc1C(=O)NN(C(=O)c1ccccc1Br)C(C)(C)C. The second-order valence-corrected chi connectivity index (χ2v) is 7.91. The summed E-state index contributed by atoms with van der Waals surface area (Å²) in [6.45, 7) is 7.33. The number of hydrazine groups is 1. The van der Waals surface area contributed by atoms with E-state index in [2.05, 4.69) is 21.4 Å². The van der Waals surface area contributed by atoms with Gasteiger partial charge in [-0.05, 0) is 73.5 Å². The Morgan fingerprint density at radius 3 is 2.24 bits per heavy atom. The van der Waals surface area contributed by atoms with Gasteiger partial charge in [-0.2, -0.15) is 0 Å². The third-order valence-electron chi connectivity index (χ3n) is 3.70. The van der Waals surface area contributed by atoms with Gasteiger partial charge in [0.1, 0.15) is 0 Å². The topological polar surface area (TPSA) is 49.4 Å². The number of rotatable bonds is 2. The lowest BCUT2D eigenvalue weighted by molar-refractivity contribution is 0.0357. The van der Waals surface area contributed by atoms with Crippen LogP contribution < -0.4 is 5.43 Å². The number of hydrogen-bond donors (Lipinski definition) is 1. The third kappa shape index (κ3) is 4.41. The molecule has 2 aromatic carbocycles. The first-order valence-electron chi connectivity index (χ1n) is 7.78. The van der Waals surface area contributed by atoms with E-state index >= 15 is 0 Å². The van der Waals surface area contributed by atoms with Crippen molar-refractivity contribution in [3.63, 3.8) is 0 Å². The first kappa shape index (κ1) is 19.5. The Balaban J connectivity index is 2.36. The summed E-state index contributed by atoms with van der Waals surface area (Å²) < 4.78 is 0.669. The van der Waals surface area contributed by atoms with Gasteiger partial charge in [0, 0.05) is 15.1 Å². The highest BCUT2D eigenvalue weighted by Crippen LogP contribution is 2.23. The highest BCUT2D eigenvalue weighted by atomic mass is 79.9. The van der Waals surface area contributed by atoms with Gasteiger partial charge in [0.25, 0.3) is 11.8 Å². The van der Waals surface area contributed by atoms with E-state index in [9.17, 15) is 9.59 Å². The van der Waals surface area contributed by atoms with Crippen LogP contribution in [0.15, 0.2) is 46.9 Å². The summed E-state index contributed by atoms with van der Waals surface area (Å²) in [5.41, 5.74) is 3.69. The number of nitrogens with zero attached hydrogens (tertiary/aromatic N) is 1. The predicted octanol–water partition coefficient (Wildman–Crippen LogP) is 5.00. The van der Waals surface area contributed by atoms with Crippen molar-refractivity contribution in [3.8, 4) is 0 Å². The third-order valence-corrected chi connectivity index (χ3v) is 4.80. The van der Waals surface area contributed by atoms with Gasteiger partial charge < -0.3 is 0 Å². The second kappa shape index (κ2) is 7.58. The smallest absolute Gasteiger partial charge is 0.267 e. The number of hydrogen-bond acceptors (Lipinski definition) is 2. The number of carbonyl (C=O) groups is 2. The maximum atomic E-state index is 13.0. The molecule has 0 unspecified atom stereocenters.